The van der Waals surface area contributed by atoms with E-state index in [1.807, 2.05) is 4.90 Å². The molecule has 0 radical (unpaired) electrons. The maximum absolute atomic E-state index is 12.8. The number of likely N-dealkylation sites (tertiary alicyclic amines) is 1. The Hall–Kier alpha value is -1.62. The second-order valence-electron chi connectivity index (χ2n) is 4.69. The summed E-state index contributed by atoms with van der Waals surface area (Å²) in [6.45, 7) is 1.79. The van der Waals surface area contributed by atoms with Gasteiger partial charge in [0.2, 0.25) is 5.91 Å². The van der Waals surface area contributed by atoms with Crippen molar-refractivity contribution in [2.45, 2.75) is 25.4 Å². The molecule has 1 aromatic rings. The van der Waals surface area contributed by atoms with Crippen molar-refractivity contribution >= 4 is 5.91 Å². The van der Waals surface area contributed by atoms with Gasteiger partial charge in [-0.2, -0.15) is 0 Å². The van der Waals surface area contributed by atoms with Crippen molar-refractivity contribution in [2.75, 3.05) is 19.6 Å². The van der Waals surface area contributed by atoms with Gasteiger partial charge in [-0.15, -0.1) is 0 Å². The van der Waals surface area contributed by atoms with E-state index in [-0.39, 0.29) is 17.8 Å². The van der Waals surface area contributed by atoms with Crippen molar-refractivity contribution in [3.63, 3.8) is 0 Å². The van der Waals surface area contributed by atoms with Gasteiger partial charge in [-0.05, 0) is 24.3 Å². The summed E-state index contributed by atoms with van der Waals surface area (Å²) in [6, 6.07) is 6.02. The molecule has 0 aliphatic carbocycles. The quantitative estimate of drug-likeness (QED) is 0.899. The molecule has 5 heteroatoms. The van der Waals surface area contributed by atoms with E-state index in [0.29, 0.717) is 31.8 Å². The molecule has 2 rings (SSSR count). The number of nitrogens with zero attached hydrogens (tertiary/aromatic N) is 1. The smallest absolute Gasteiger partial charge is 0.223 e. The topological polar surface area (TPSA) is 55.6 Å². The molecule has 0 aromatic heterocycles. The molecule has 0 saturated carbocycles. The fraction of sp³-hybridized carbons (Fsp3) is 0.500. The summed E-state index contributed by atoms with van der Waals surface area (Å²) >= 11 is 0. The molecule has 4 nitrogen and oxygen atoms in total. The molecule has 1 aliphatic heterocycles. The van der Waals surface area contributed by atoms with Crippen LogP contribution >= 0.6 is 0 Å². The zero-order valence-electron chi connectivity index (χ0n) is 10.8. The van der Waals surface area contributed by atoms with Crippen LogP contribution in [0, 0.1) is 5.82 Å². The lowest BCUT2D eigenvalue weighted by Gasteiger charge is -2.32. The van der Waals surface area contributed by atoms with Crippen LogP contribution < -0.4 is 10.5 Å². The maximum atomic E-state index is 12.8. The average molecular weight is 266 g/mol. The maximum Gasteiger partial charge on any atom is 0.223 e. The molecular weight excluding hydrogens is 247 g/mol. The van der Waals surface area contributed by atoms with E-state index in [1.165, 1.54) is 12.1 Å². The lowest BCUT2D eigenvalue weighted by atomic mass is 10.1. The highest BCUT2D eigenvalue weighted by Crippen LogP contribution is 2.19. The van der Waals surface area contributed by atoms with Gasteiger partial charge in [-0.25, -0.2) is 4.39 Å². The third-order valence-electron chi connectivity index (χ3n) is 3.27. The number of amides is 1. The number of carbonyl (C=O) groups is 1. The first-order chi connectivity index (χ1) is 9.19. The van der Waals surface area contributed by atoms with Gasteiger partial charge in [0.25, 0.3) is 0 Å². The van der Waals surface area contributed by atoms with E-state index < -0.39 is 0 Å². The van der Waals surface area contributed by atoms with Gasteiger partial charge in [-0.1, -0.05) is 0 Å². The number of halogens is 1. The Bertz CT molecular complexity index is 414. The largest absolute Gasteiger partial charge is 0.490 e. The number of carbonyl (C=O) groups excluding carboxylic acids is 1. The number of benzene rings is 1. The molecule has 1 heterocycles. The molecule has 0 unspecified atom stereocenters. The van der Waals surface area contributed by atoms with E-state index in [9.17, 15) is 9.18 Å². The van der Waals surface area contributed by atoms with Crippen LogP contribution in [0.3, 0.4) is 0 Å². The minimum atomic E-state index is -0.269. The van der Waals surface area contributed by atoms with Crippen molar-refractivity contribution in [3.8, 4) is 5.75 Å². The predicted molar refractivity (Wildman–Crippen MR) is 70.3 cm³/mol. The van der Waals surface area contributed by atoms with Crippen molar-refractivity contribution in [1.29, 1.82) is 0 Å². The SMILES string of the molecule is NCCC(=O)N1CCC(Oc2ccc(F)cc2)CC1. The van der Waals surface area contributed by atoms with E-state index in [0.717, 1.165) is 12.8 Å². The number of hydrogen-bond acceptors (Lipinski definition) is 3. The van der Waals surface area contributed by atoms with Crippen molar-refractivity contribution in [2.24, 2.45) is 5.73 Å². The number of hydrogen-bond donors (Lipinski definition) is 1. The Labute approximate surface area is 112 Å². The molecule has 0 bridgehead atoms. The van der Waals surface area contributed by atoms with Crippen LogP contribution in [0.5, 0.6) is 5.75 Å². The first-order valence-electron chi connectivity index (χ1n) is 6.59. The minimum Gasteiger partial charge on any atom is -0.490 e. The van der Waals surface area contributed by atoms with Crippen LogP contribution in [0.1, 0.15) is 19.3 Å². The lowest BCUT2D eigenvalue weighted by Crippen LogP contribution is -2.42. The summed E-state index contributed by atoms with van der Waals surface area (Å²) in [6.07, 6.45) is 2.09. The molecule has 19 heavy (non-hydrogen) atoms. The second-order valence-corrected chi connectivity index (χ2v) is 4.69. The van der Waals surface area contributed by atoms with Crippen molar-refractivity contribution < 1.29 is 13.9 Å². The molecule has 1 saturated heterocycles. The van der Waals surface area contributed by atoms with Gasteiger partial charge < -0.3 is 15.4 Å². The zero-order chi connectivity index (χ0) is 13.7. The van der Waals surface area contributed by atoms with Crippen LogP contribution in [0.15, 0.2) is 24.3 Å². The Balaban J connectivity index is 1.80. The van der Waals surface area contributed by atoms with Crippen molar-refractivity contribution in [3.05, 3.63) is 30.1 Å². The Kier molecular flexibility index (Phi) is 4.74. The summed E-state index contributed by atoms with van der Waals surface area (Å²) in [7, 11) is 0. The second kappa shape index (κ2) is 6.52. The van der Waals surface area contributed by atoms with Gasteiger partial charge in [0.05, 0.1) is 0 Å². The van der Waals surface area contributed by atoms with Crippen LogP contribution in [0.4, 0.5) is 4.39 Å². The molecule has 104 valence electrons. The molecule has 1 amide bonds. The van der Waals surface area contributed by atoms with Gasteiger partial charge in [-0.3, -0.25) is 4.79 Å². The number of rotatable bonds is 4. The number of ether oxygens (including phenoxy) is 1. The highest BCUT2D eigenvalue weighted by atomic mass is 19.1. The fourth-order valence-corrected chi connectivity index (χ4v) is 2.21. The highest BCUT2D eigenvalue weighted by molar-refractivity contribution is 5.76. The molecule has 1 aliphatic rings. The normalized spacial score (nSPS) is 16.4. The molecular formula is C14H19FN2O2. The van der Waals surface area contributed by atoms with Gasteiger partial charge in [0, 0.05) is 38.9 Å². The zero-order valence-corrected chi connectivity index (χ0v) is 10.8. The molecule has 2 N–H and O–H groups in total. The van der Waals surface area contributed by atoms with E-state index >= 15 is 0 Å². The molecule has 1 aromatic carbocycles. The monoisotopic (exact) mass is 266 g/mol. The summed E-state index contributed by atoms with van der Waals surface area (Å²) in [5.74, 6) is 0.519. The number of nitrogens with two attached hydrogens (primary N) is 1. The number of piperidine rings is 1. The molecule has 1 fully saturated rings. The lowest BCUT2D eigenvalue weighted by molar-refractivity contribution is -0.132. The third kappa shape index (κ3) is 3.92. The van der Waals surface area contributed by atoms with E-state index in [4.69, 9.17) is 10.5 Å². The van der Waals surface area contributed by atoms with Crippen LogP contribution in [0.2, 0.25) is 0 Å². The Morgan fingerprint density at radius 2 is 1.95 bits per heavy atom. The minimum absolute atomic E-state index is 0.0902. The fourth-order valence-electron chi connectivity index (χ4n) is 2.21. The Morgan fingerprint density at radius 3 is 2.53 bits per heavy atom. The van der Waals surface area contributed by atoms with Crippen LogP contribution in [0.25, 0.3) is 0 Å². The van der Waals surface area contributed by atoms with Crippen molar-refractivity contribution in [1.82, 2.24) is 4.90 Å². The highest BCUT2D eigenvalue weighted by Gasteiger charge is 2.23. The van der Waals surface area contributed by atoms with Gasteiger partial charge in [0.1, 0.15) is 17.7 Å². The summed E-state index contributed by atoms with van der Waals surface area (Å²) in [5, 5.41) is 0. The van der Waals surface area contributed by atoms with Crippen LogP contribution in [-0.2, 0) is 4.79 Å². The summed E-state index contributed by atoms with van der Waals surface area (Å²) in [5.41, 5.74) is 5.37. The third-order valence-corrected chi connectivity index (χ3v) is 3.27. The first-order valence-corrected chi connectivity index (χ1v) is 6.59. The summed E-state index contributed by atoms with van der Waals surface area (Å²) < 4.78 is 18.5. The van der Waals surface area contributed by atoms with E-state index in [1.54, 1.807) is 12.1 Å². The first kappa shape index (κ1) is 13.8. The summed E-state index contributed by atoms with van der Waals surface area (Å²) in [4.78, 5) is 13.5. The molecule has 0 spiro atoms. The van der Waals surface area contributed by atoms with Crippen LogP contribution in [-0.4, -0.2) is 36.5 Å². The predicted octanol–water partition coefficient (Wildman–Crippen LogP) is 1.54. The molecule has 0 atom stereocenters. The Morgan fingerprint density at radius 1 is 1.32 bits per heavy atom. The van der Waals surface area contributed by atoms with Gasteiger partial charge in [0.15, 0.2) is 0 Å². The standard InChI is InChI=1S/C14H19FN2O2/c15-11-1-3-12(4-2-11)19-13-6-9-17(10-7-13)14(18)5-8-16/h1-4,13H,5-10,16H2. The average Bonchev–Trinajstić information content (AvgIpc) is 2.42. The van der Waals surface area contributed by atoms with E-state index in [2.05, 4.69) is 0 Å². The van der Waals surface area contributed by atoms with Gasteiger partial charge >= 0.3 is 0 Å².